The number of allylic oxidation sites excluding steroid dienone is 2. The van der Waals surface area contributed by atoms with Gasteiger partial charge < -0.3 is 4.74 Å². The molecule has 1 aliphatic carbocycles. The fourth-order valence-corrected chi connectivity index (χ4v) is 3.21. The van der Waals surface area contributed by atoms with Gasteiger partial charge in [-0.05, 0) is 25.3 Å². The normalized spacial score (nSPS) is 22.6. The monoisotopic (exact) mass is 327 g/mol. The first-order valence-corrected chi connectivity index (χ1v) is 8.27. The number of fused-ring (bicyclic) bond motifs is 1. The molecule has 1 aliphatic heterocycles. The number of aryl methyl sites for hydroxylation is 1. The summed E-state index contributed by atoms with van der Waals surface area (Å²) >= 11 is 0. The van der Waals surface area contributed by atoms with E-state index in [9.17, 15) is 14.4 Å². The molecule has 0 bridgehead atoms. The van der Waals surface area contributed by atoms with Gasteiger partial charge in [0.25, 0.3) is 0 Å². The molecule has 5 heteroatoms. The predicted molar refractivity (Wildman–Crippen MR) is 87.7 cm³/mol. The summed E-state index contributed by atoms with van der Waals surface area (Å²) in [7, 11) is 0. The van der Waals surface area contributed by atoms with Crippen LogP contribution in [0.5, 0.6) is 0 Å². The molecule has 1 heterocycles. The van der Waals surface area contributed by atoms with Crippen molar-refractivity contribution in [3.63, 3.8) is 0 Å². The zero-order chi connectivity index (χ0) is 17.1. The number of imide groups is 1. The highest BCUT2D eigenvalue weighted by molar-refractivity contribution is 6.05. The zero-order valence-electron chi connectivity index (χ0n) is 13.7. The number of rotatable bonds is 5. The number of carbonyl (C=O) groups excluding carboxylic acids is 3. The Labute approximate surface area is 141 Å². The lowest BCUT2D eigenvalue weighted by Gasteiger charge is -2.14. The van der Waals surface area contributed by atoms with Gasteiger partial charge in [-0.3, -0.25) is 19.3 Å². The van der Waals surface area contributed by atoms with Crippen molar-refractivity contribution in [1.82, 2.24) is 4.90 Å². The molecule has 0 saturated carbocycles. The summed E-state index contributed by atoms with van der Waals surface area (Å²) in [5, 5.41) is 0. The van der Waals surface area contributed by atoms with Crippen molar-refractivity contribution in [2.24, 2.45) is 11.8 Å². The van der Waals surface area contributed by atoms with Gasteiger partial charge in [-0.25, -0.2) is 0 Å². The second-order valence-corrected chi connectivity index (χ2v) is 6.38. The molecule has 24 heavy (non-hydrogen) atoms. The van der Waals surface area contributed by atoms with Crippen molar-refractivity contribution in [2.45, 2.75) is 32.8 Å². The SMILES string of the molecule is Cc1ccc(COC(=O)CCN2C(=O)[C@H]3CC=CC[C@H]3C2=O)cc1. The van der Waals surface area contributed by atoms with Gasteiger partial charge in [0.1, 0.15) is 6.61 Å². The largest absolute Gasteiger partial charge is 0.461 e. The lowest BCUT2D eigenvalue weighted by molar-refractivity contribution is -0.146. The lowest BCUT2D eigenvalue weighted by atomic mass is 9.85. The van der Waals surface area contributed by atoms with E-state index in [2.05, 4.69) is 0 Å². The van der Waals surface area contributed by atoms with Gasteiger partial charge >= 0.3 is 5.97 Å². The summed E-state index contributed by atoms with van der Waals surface area (Å²) in [4.78, 5) is 37.7. The predicted octanol–water partition coefficient (Wildman–Crippen LogP) is 2.38. The minimum atomic E-state index is -0.399. The third kappa shape index (κ3) is 3.40. The van der Waals surface area contributed by atoms with E-state index >= 15 is 0 Å². The highest BCUT2D eigenvalue weighted by atomic mass is 16.5. The Morgan fingerprint density at radius 3 is 2.25 bits per heavy atom. The molecule has 0 N–H and O–H groups in total. The summed E-state index contributed by atoms with van der Waals surface area (Å²) in [6.45, 7) is 2.31. The second-order valence-electron chi connectivity index (χ2n) is 6.38. The Kier molecular flexibility index (Phi) is 4.79. The average Bonchev–Trinajstić information content (AvgIpc) is 2.84. The molecule has 0 spiro atoms. The van der Waals surface area contributed by atoms with Gasteiger partial charge in [-0.2, -0.15) is 0 Å². The molecule has 0 radical (unpaired) electrons. The molecule has 2 amide bonds. The quantitative estimate of drug-likeness (QED) is 0.473. The second kappa shape index (κ2) is 6.99. The molecule has 126 valence electrons. The third-order valence-corrected chi connectivity index (χ3v) is 4.66. The van der Waals surface area contributed by atoms with Crippen LogP contribution in [0.3, 0.4) is 0 Å². The van der Waals surface area contributed by atoms with Crippen LogP contribution >= 0.6 is 0 Å². The molecular formula is C19H21NO4. The number of esters is 1. The summed E-state index contributed by atoms with van der Waals surface area (Å²) in [6, 6.07) is 7.74. The van der Waals surface area contributed by atoms with Gasteiger partial charge in [-0.1, -0.05) is 42.0 Å². The number of ether oxygens (including phenoxy) is 1. The molecule has 0 unspecified atom stereocenters. The third-order valence-electron chi connectivity index (χ3n) is 4.66. The van der Waals surface area contributed by atoms with Crippen LogP contribution in [0.15, 0.2) is 36.4 Å². The Morgan fingerprint density at radius 1 is 1.08 bits per heavy atom. The maximum atomic E-state index is 12.3. The van der Waals surface area contributed by atoms with Crippen LogP contribution in [0.2, 0.25) is 0 Å². The van der Waals surface area contributed by atoms with E-state index in [0.29, 0.717) is 12.8 Å². The fourth-order valence-electron chi connectivity index (χ4n) is 3.21. The number of amides is 2. The standard InChI is InChI=1S/C19H21NO4/c1-13-6-8-14(9-7-13)12-24-17(21)10-11-20-18(22)15-4-2-3-5-16(15)19(20)23/h2-3,6-9,15-16H,4-5,10-12H2,1H3/t15-,16+. The van der Waals surface area contributed by atoms with Crippen molar-refractivity contribution in [2.75, 3.05) is 6.54 Å². The van der Waals surface area contributed by atoms with E-state index in [-0.39, 0.29) is 43.2 Å². The molecule has 3 rings (SSSR count). The summed E-state index contributed by atoms with van der Waals surface area (Å²) in [5.41, 5.74) is 2.06. The van der Waals surface area contributed by atoms with Crippen molar-refractivity contribution in [3.8, 4) is 0 Å². The number of hydrogen-bond donors (Lipinski definition) is 0. The smallest absolute Gasteiger partial charge is 0.307 e. The van der Waals surface area contributed by atoms with E-state index < -0.39 is 5.97 Å². The minimum absolute atomic E-state index is 0.0379. The molecule has 0 aromatic heterocycles. The first kappa shape index (κ1) is 16.4. The molecule has 1 saturated heterocycles. The first-order valence-electron chi connectivity index (χ1n) is 8.27. The minimum Gasteiger partial charge on any atom is -0.461 e. The molecule has 2 aliphatic rings. The van der Waals surface area contributed by atoms with Crippen molar-refractivity contribution in [3.05, 3.63) is 47.5 Å². The topological polar surface area (TPSA) is 63.7 Å². The van der Waals surface area contributed by atoms with E-state index in [1.165, 1.54) is 4.90 Å². The Hall–Kier alpha value is -2.43. The van der Waals surface area contributed by atoms with E-state index in [4.69, 9.17) is 4.74 Å². The molecule has 1 fully saturated rings. The molecular weight excluding hydrogens is 306 g/mol. The Bertz CT molecular complexity index is 651. The average molecular weight is 327 g/mol. The summed E-state index contributed by atoms with van der Waals surface area (Å²) < 4.78 is 5.22. The molecule has 2 atom stereocenters. The summed E-state index contributed by atoms with van der Waals surface area (Å²) in [6.07, 6.45) is 5.17. The van der Waals surface area contributed by atoms with Crippen LogP contribution in [-0.4, -0.2) is 29.2 Å². The van der Waals surface area contributed by atoms with Crippen LogP contribution in [-0.2, 0) is 25.7 Å². The van der Waals surface area contributed by atoms with Crippen LogP contribution in [0, 0.1) is 18.8 Å². The maximum Gasteiger partial charge on any atom is 0.307 e. The van der Waals surface area contributed by atoms with E-state index in [0.717, 1.165) is 11.1 Å². The number of likely N-dealkylation sites (tertiary alicyclic amines) is 1. The van der Waals surface area contributed by atoms with Crippen molar-refractivity contribution in [1.29, 1.82) is 0 Å². The van der Waals surface area contributed by atoms with E-state index in [1.54, 1.807) is 0 Å². The zero-order valence-corrected chi connectivity index (χ0v) is 13.7. The van der Waals surface area contributed by atoms with E-state index in [1.807, 2.05) is 43.3 Å². The Morgan fingerprint density at radius 2 is 1.67 bits per heavy atom. The number of benzene rings is 1. The molecule has 1 aromatic carbocycles. The van der Waals surface area contributed by atoms with Gasteiger partial charge in [-0.15, -0.1) is 0 Å². The van der Waals surface area contributed by atoms with Gasteiger partial charge in [0.2, 0.25) is 11.8 Å². The van der Waals surface area contributed by atoms with Gasteiger partial charge in [0.05, 0.1) is 18.3 Å². The maximum absolute atomic E-state index is 12.3. The fraction of sp³-hybridized carbons (Fsp3) is 0.421. The summed E-state index contributed by atoms with van der Waals surface area (Å²) in [5.74, 6) is -1.19. The highest BCUT2D eigenvalue weighted by Crippen LogP contribution is 2.34. The molecule has 5 nitrogen and oxygen atoms in total. The van der Waals surface area contributed by atoms with Crippen molar-refractivity contribution < 1.29 is 19.1 Å². The highest BCUT2D eigenvalue weighted by Gasteiger charge is 2.46. The lowest BCUT2D eigenvalue weighted by Crippen LogP contribution is -2.33. The number of nitrogens with zero attached hydrogens (tertiary/aromatic N) is 1. The van der Waals surface area contributed by atoms with Gasteiger partial charge in [0, 0.05) is 6.54 Å². The number of hydrogen-bond acceptors (Lipinski definition) is 4. The first-order chi connectivity index (χ1) is 11.6. The van der Waals surface area contributed by atoms with Crippen LogP contribution in [0.4, 0.5) is 0 Å². The van der Waals surface area contributed by atoms with Crippen molar-refractivity contribution >= 4 is 17.8 Å². The van der Waals surface area contributed by atoms with Crippen LogP contribution < -0.4 is 0 Å². The van der Waals surface area contributed by atoms with Crippen LogP contribution in [0.1, 0.15) is 30.4 Å². The molecule has 1 aromatic rings. The number of carbonyl (C=O) groups is 3. The van der Waals surface area contributed by atoms with Crippen LogP contribution in [0.25, 0.3) is 0 Å². The van der Waals surface area contributed by atoms with Gasteiger partial charge in [0.15, 0.2) is 0 Å². The Balaban J connectivity index is 1.48.